The molecule has 4 heteroatoms. The Balaban J connectivity index is 2.53. The van der Waals surface area contributed by atoms with Crippen molar-refractivity contribution in [1.29, 1.82) is 0 Å². The Morgan fingerprint density at radius 1 is 1.28 bits per heavy atom. The van der Waals surface area contributed by atoms with Crippen molar-refractivity contribution in [3.63, 3.8) is 0 Å². The number of benzene rings is 1. The number of carbonyl (C=O) groups is 1. The van der Waals surface area contributed by atoms with E-state index in [4.69, 9.17) is 5.73 Å². The van der Waals surface area contributed by atoms with Gasteiger partial charge in [-0.2, -0.15) is 0 Å². The summed E-state index contributed by atoms with van der Waals surface area (Å²) in [6, 6.07) is 9.70. The lowest BCUT2D eigenvalue weighted by Crippen LogP contribution is -2.41. The van der Waals surface area contributed by atoms with Gasteiger partial charge in [-0.25, -0.2) is 0 Å². The summed E-state index contributed by atoms with van der Waals surface area (Å²) in [7, 11) is 1.87. The van der Waals surface area contributed by atoms with Gasteiger partial charge in [0.2, 0.25) is 5.91 Å². The number of carbonyl (C=O) groups excluding carboxylic acids is 1. The van der Waals surface area contributed by atoms with Gasteiger partial charge in [-0.15, -0.1) is 0 Å². The van der Waals surface area contributed by atoms with Crippen LogP contribution in [-0.2, 0) is 4.79 Å². The van der Waals surface area contributed by atoms with E-state index in [9.17, 15) is 4.79 Å². The maximum atomic E-state index is 12.0. The number of hydrogen-bond donors (Lipinski definition) is 3. The van der Waals surface area contributed by atoms with Crippen molar-refractivity contribution in [1.82, 2.24) is 10.6 Å². The minimum atomic E-state index is -0.268. The molecule has 0 aromatic heterocycles. The lowest BCUT2D eigenvalue weighted by molar-refractivity contribution is -0.125. The van der Waals surface area contributed by atoms with E-state index >= 15 is 0 Å². The SMILES string of the molecule is CNC(C)CNC(=O)C(C)C(N)c1ccccc1. The quantitative estimate of drug-likeness (QED) is 0.706. The maximum absolute atomic E-state index is 12.0. The highest BCUT2D eigenvalue weighted by Crippen LogP contribution is 2.18. The molecule has 1 aromatic rings. The molecule has 0 aliphatic heterocycles. The van der Waals surface area contributed by atoms with Gasteiger partial charge in [-0.3, -0.25) is 4.79 Å². The Labute approximate surface area is 109 Å². The van der Waals surface area contributed by atoms with Crippen LogP contribution in [0.5, 0.6) is 0 Å². The fourth-order valence-electron chi connectivity index (χ4n) is 1.64. The number of hydrogen-bond acceptors (Lipinski definition) is 3. The standard InChI is InChI=1S/C14H23N3O/c1-10(16-3)9-17-14(18)11(2)13(15)12-7-5-4-6-8-12/h4-8,10-11,13,16H,9,15H2,1-3H3,(H,17,18). The van der Waals surface area contributed by atoms with E-state index in [0.717, 1.165) is 5.56 Å². The molecule has 0 spiro atoms. The molecule has 3 atom stereocenters. The second-order valence-corrected chi connectivity index (χ2v) is 4.66. The molecule has 100 valence electrons. The molecular formula is C14H23N3O. The van der Waals surface area contributed by atoms with Crippen LogP contribution in [-0.4, -0.2) is 25.5 Å². The molecule has 18 heavy (non-hydrogen) atoms. The number of rotatable bonds is 6. The average Bonchev–Trinajstić information content (AvgIpc) is 2.43. The monoisotopic (exact) mass is 249 g/mol. The number of nitrogens with two attached hydrogens (primary N) is 1. The van der Waals surface area contributed by atoms with Crippen molar-refractivity contribution in [2.75, 3.05) is 13.6 Å². The Morgan fingerprint density at radius 3 is 2.44 bits per heavy atom. The van der Waals surface area contributed by atoms with Crippen molar-refractivity contribution in [3.8, 4) is 0 Å². The van der Waals surface area contributed by atoms with Gasteiger partial charge in [-0.05, 0) is 19.5 Å². The molecule has 0 heterocycles. The van der Waals surface area contributed by atoms with Gasteiger partial charge in [0.1, 0.15) is 0 Å². The van der Waals surface area contributed by atoms with Gasteiger partial charge in [0, 0.05) is 18.6 Å². The van der Waals surface area contributed by atoms with Crippen LogP contribution in [0.25, 0.3) is 0 Å². The summed E-state index contributed by atoms with van der Waals surface area (Å²) >= 11 is 0. The molecular weight excluding hydrogens is 226 g/mol. The van der Waals surface area contributed by atoms with Gasteiger partial charge in [0.15, 0.2) is 0 Å². The van der Waals surface area contributed by atoms with Crippen molar-refractivity contribution in [2.45, 2.75) is 25.9 Å². The zero-order valence-electron chi connectivity index (χ0n) is 11.3. The third-order valence-electron chi connectivity index (χ3n) is 3.21. The van der Waals surface area contributed by atoms with E-state index in [1.54, 1.807) is 0 Å². The molecule has 1 amide bonds. The van der Waals surface area contributed by atoms with E-state index in [-0.39, 0.29) is 23.9 Å². The average molecular weight is 249 g/mol. The van der Waals surface area contributed by atoms with E-state index in [1.807, 2.05) is 51.2 Å². The summed E-state index contributed by atoms with van der Waals surface area (Å²) in [6.07, 6.45) is 0. The van der Waals surface area contributed by atoms with Crippen LogP contribution < -0.4 is 16.4 Å². The summed E-state index contributed by atoms with van der Waals surface area (Å²) < 4.78 is 0. The van der Waals surface area contributed by atoms with Crippen LogP contribution in [0.1, 0.15) is 25.5 Å². The molecule has 0 saturated heterocycles. The topological polar surface area (TPSA) is 67.1 Å². The van der Waals surface area contributed by atoms with Gasteiger partial charge < -0.3 is 16.4 Å². The largest absolute Gasteiger partial charge is 0.354 e. The first-order valence-electron chi connectivity index (χ1n) is 6.31. The van der Waals surface area contributed by atoms with Crippen LogP contribution in [0, 0.1) is 5.92 Å². The normalized spacial score (nSPS) is 15.8. The first-order chi connectivity index (χ1) is 8.56. The van der Waals surface area contributed by atoms with E-state index in [1.165, 1.54) is 0 Å². The third kappa shape index (κ3) is 4.13. The second kappa shape index (κ2) is 7.13. The second-order valence-electron chi connectivity index (χ2n) is 4.66. The van der Waals surface area contributed by atoms with Crippen molar-refractivity contribution in [2.24, 2.45) is 11.7 Å². The fourth-order valence-corrected chi connectivity index (χ4v) is 1.64. The fraction of sp³-hybridized carbons (Fsp3) is 0.500. The van der Waals surface area contributed by atoms with E-state index in [0.29, 0.717) is 6.54 Å². The van der Waals surface area contributed by atoms with Crippen LogP contribution in [0.15, 0.2) is 30.3 Å². The lowest BCUT2D eigenvalue weighted by Gasteiger charge is -2.21. The summed E-state index contributed by atoms with van der Waals surface area (Å²) in [6.45, 7) is 4.49. The molecule has 0 aliphatic rings. The minimum Gasteiger partial charge on any atom is -0.354 e. The smallest absolute Gasteiger partial charge is 0.224 e. The first-order valence-corrected chi connectivity index (χ1v) is 6.31. The van der Waals surface area contributed by atoms with Gasteiger partial charge in [-0.1, -0.05) is 37.3 Å². The Bertz CT molecular complexity index is 367. The van der Waals surface area contributed by atoms with Crippen molar-refractivity contribution >= 4 is 5.91 Å². The highest BCUT2D eigenvalue weighted by molar-refractivity contribution is 5.79. The molecule has 3 unspecified atom stereocenters. The molecule has 0 aliphatic carbocycles. The Hall–Kier alpha value is -1.39. The van der Waals surface area contributed by atoms with Crippen molar-refractivity contribution in [3.05, 3.63) is 35.9 Å². The predicted molar refractivity (Wildman–Crippen MR) is 74.1 cm³/mol. The van der Waals surface area contributed by atoms with Crippen LogP contribution in [0.2, 0.25) is 0 Å². The van der Waals surface area contributed by atoms with Gasteiger partial charge in [0.05, 0.1) is 5.92 Å². The van der Waals surface area contributed by atoms with E-state index in [2.05, 4.69) is 10.6 Å². The van der Waals surface area contributed by atoms with Gasteiger partial charge >= 0.3 is 0 Å². The molecule has 0 radical (unpaired) electrons. The Kier molecular flexibility index (Phi) is 5.82. The minimum absolute atomic E-state index is 0.00606. The highest BCUT2D eigenvalue weighted by Gasteiger charge is 2.21. The summed E-state index contributed by atoms with van der Waals surface area (Å²) in [5.74, 6) is -0.245. The maximum Gasteiger partial charge on any atom is 0.224 e. The molecule has 1 rings (SSSR count). The zero-order valence-corrected chi connectivity index (χ0v) is 11.3. The predicted octanol–water partition coefficient (Wildman–Crippen LogP) is 1.05. The highest BCUT2D eigenvalue weighted by atomic mass is 16.1. The van der Waals surface area contributed by atoms with Crippen LogP contribution in [0.3, 0.4) is 0 Å². The Morgan fingerprint density at radius 2 is 1.89 bits per heavy atom. The van der Waals surface area contributed by atoms with E-state index < -0.39 is 0 Å². The van der Waals surface area contributed by atoms with Crippen LogP contribution >= 0.6 is 0 Å². The summed E-state index contributed by atoms with van der Waals surface area (Å²) in [5.41, 5.74) is 7.09. The molecule has 1 aromatic carbocycles. The number of likely N-dealkylation sites (N-methyl/N-ethyl adjacent to an activating group) is 1. The zero-order chi connectivity index (χ0) is 13.5. The van der Waals surface area contributed by atoms with Gasteiger partial charge in [0.25, 0.3) is 0 Å². The molecule has 4 N–H and O–H groups in total. The summed E-state index contributed by atoms with van der Waals surface area (Å²) in [4.78, 5) is 12.0. The molecule has 0 fully saturated rings. The lowest BCUT2D eigenvalue weighted by atomic mass is 9.94. The first kappa shape index (κ1) is 14.7. The number of amides is 1. The summed E-state index contributed by atoms with van der Waals surface area (Å²) in [5, 5.41) is 5.98. The van der Waals surface area contributed by atoms with Crippen molar-refractivity contribution < 1.29 is 4.79 Å². The molecule has 0 saturated carbocycles. The van der Waals surface area contributed by atoms with Crippen LogP contribution in [0.4, 0.5) is 0 Å². The molecule has 4 nitrogen and oxygen atoms in total. The molecule has 0 bridgehead atoms. The number of nitrogens with one attached hydrogen (secondary N) is 2. The third-order valence-corrected chi connectivity index (χ3v) is 3.21.